The molecule has 2 aromatic carbocycles. The number of carbonyl (C=O) groups is 1. The number of carbonyl (C=O) groups excluding carboxylic acids is 1. The van der Waals surface area contributed by atoms with Crippen LogP contribution in [-0.2, 0) is 4.43 Å². The molecule has 138 valence electrons. The first kappa shape index (κ1) is 18.9. The number of aliphatic imine (C=N–C) groups is 1. The largest absolute Gasteiger partial charge is 0.497 e. The summed E-state index contributed by atoms with van der Waals surface area (Å²) < 4.78 is 6.05. The van der Waals surface area contributed by atoms with Crippen LogP contribution in [0.5, 0.6) is 5.75 Å². The Morgan fingerprint density at radius 3 is 2.56 bits per heavy atom. The fourth-order valence-corrected chi connectivity index (χ4v) is 2.90. The van der Waals surface area contributed by atoms with Gasteiger partial charge in [-0.25, -0.2) is 4.99 Å². The van der Waals surface area contributed by atoms with Crippen molar-refractivity contribution < 1.29 is 9.53 Å². The molecule has 7 nitrogen and oxygen atoms in total. The minimum atomic E-state index is -0.614. The zero-order chi connectivity index (χ0) is 19.2. The fraction of sp³-hybridized carbons (Fsp3) is 0.105. The third-order valence-electron chi connectivity index (χ3n) is 3.82. The molecule has 0 aliphatic carbocycles. The maximum Gasteiger partial charge on any atom is 0.256 e. The van der Waals surface area contributed by atoms with E-state index in [9.17, 15) is 4.79 Å². The first-order chi connectivity index (χ1) is 13.1. The van der Waals surface area contributed by atoms with Crippen LogP contribution in [0, 0.1) is 0 Å². The van der Waals surface area contributed by atoms with Gasteiger partial charge in [0.25, 0.3) is 5.91 Å². The highest BCUT2D eigenvalue weighted by Gasteiger charge is 2.18. The molecule has 27 heavy (non-hydrogen) atoms. The van der Waals surface area contributed by atoms with Crippen molar-refractivity contribution >= 4 is 52.0 Å². The molecule has 0 bridgehead atoms. The number of amides is 1. The zero-order valence-corrected chi connectivity index (χ0v) is 16.7. The SMILES string of the molecule is COc1ccc(/C=N/c2[nH]nc(Nc3ccc(CI)cc3)c2C(N)=O)cc1. The number of halogens is 1. The van der Waals surface area contributed by atoms with Gasteiger partial charge in [-0.3, -0.25) is 9.89 Å². The van der Waals surface area contributed by atoms with Crippen LogP contribution in [0.2, 0.25) is 0 Å². The lowest BCUT2D eigenvalue weighted by Crippen LogP contribution is -2.12. The molecule has 0 saturated heterocycles. The molecule has 3 rings (SSSR count). The van der Waals surface area contributed by atoms with E-state index in [2.05, 4.69) is 43.1 Å². The number of hydrogen-bond donors (Lipinski definition) is 3. The predicted octanol–water partition coefficient (Wildman–Crippen LogP) is 3.95. The normalized spacial score (nSPS) is 10.9. The fourth-order valence-electron chi connectivity index (χ4n) is 2.39. The first-order valence-corrected chi connectivity index (χ1v) is 9.61. The molecule has 0 unspecified atom stereocenters. The lowest BCUT2D eigenvalue weighted by atomic mass is 10.2. The Balaban J connectivity index is 1.83. The van der Waals surface area contributed by atoms with Crippen LogP contribution >= 0.6 is 22.6 Å². The Hall–Kier alpha value is -2.88. The molecule has 1 amide bonds. The lowest BCUT2D eigenvalue weighted by Gasteiger charge is -2.05. The van der Waals surface area contributed by atoms with E-state index < -0.39 is 5.91 Å². The highest BCUT2D eigenvalue weighted by atomic mass is 127. The lowest BCUT2D eigenvalue weighted by molar-refractivity contribution is 0.100. The molecule has 1 aromatic heterocycles. The van der Waals surface area contributed by atoms with Crippen LogP contribution in [0.1, 0.15) is 21.5 Å². The Labute approximate surface area is 170 Å². The van der Waals surface area contributed by atoms with Crippen molar-refractivity contribution in [2.75, 3.05) is 12.4 Å². The van der Waals surface area contributed by atoms with E-state index in [0.717, 1.165) is 21.4 Å². The van der Waals surface area contributed by atoms with Crippen LogP contribution in [0.3, 0.4) is 0 Å². The molecule has 0 spiro atoms. The van der Waals surface area contributed by atoms with Crippen molar-refractivity contribution in [2.24, 2.45) is 10.7 Å². The summed E-state index contributed by atoms with van der Waals surface area (Å²) in [4.78, 5) is 16.2. The molecule has 8 heteroatoms. The topological polar surface area (TPSA) is 105 Å². The molecule has 1 heterocycles. The van der Waals surface area contributed by atoms with Gasteiger partial charge in [0.2, 0.25) is 0 Å². The number of ether oxygens (including phenoxy) is 1. The molecular formula is C19H18IN5O2. The van der Waals surface area contributed by atoms with Crippen molar-refractivity contribution in [1.82, 2.24) is 10.2 Å². The molecule has 0 fully saturated rings. The van der Waals surface area contributed by atoms with E-state index in [1.165, 1.54) is 5.56 Å². The van der Waals surface area contributed by atoms with Gasteiger partial charge in [0.15, 0.2) is 11.6 Å². The summed E-state index contributed by atoms with van der Waals surface area (Å²) in [5, 5.41) is 10.00. The van der Waals surface area contributed by atoms with Crippen LogP contribution in [0.15, 0.2) is 53.5 Å². The maximum absolute atomic E-state index is 11.9. The Bertz CT molecular complexity index is 949. The number of alkyl halides is 1. The summed E-state index contributed by atoms with van der Waals surface area (Å²) in [6.07, 6.45) is 1.62. The minimum absolute atomic E-state index is 0.206. The molecular weight excluding hydrogens is 457 g/mol. The minimum Gasteiger partial charge on any atom is -0.497 e. The second-order valence-electron chi connectivity index (χ2n) is 5.65. The van der Waals surface area contributed by atoms with Gasteiger partial charge in [-0.2, -0.15) is 5.10 Å². The van der Waals surface area contributed by atoms with Crippen molar-refractivity contribution in [1.29, 1.82) is 0 Å². The van der Waals surface area contributed by atoms with Gasteiger partial charge in [-0.05, 0) is 47.5 Å². The molecule has 0 saturated carbocycles. The highest BCUT2D eigenvalue weighted by molar-refractivity contribution is 14.1. The number of aromatic nitrogens is 2. The number of nitrogens with zero attached hydrogens (tertiary/aromatic N) is 2. The van der Waals surface area contributed by atoms with E-state index in [1.54, 1.807) is 13.3 Å². The molecule has 0 aliphatic rings. The van der Waals surface area contributed by atoms with Gasteiger partial charge in [-0.1, -0.05) is 34.7 Å². The van der Waals surface area contributed by atoms with Gasteiger partial charge in [0.05, 0.1) is 7.11 Å². The van der Waals surface area contributed by atoms with Gasteiger partial charge in [-0.15, -0.1) is 0 Å². The predicted molar refractivity (Wildman–Crippen MR) is 115 cm³/mol. The standard InChI is InChI=1S/C19H18IN5O2/c1-27-15-8-4-13(5-9-15)11-22-18-16(17(21)26)19(25-24-18)23-14-6-2-12(10-20)3-7-14/h2-9,11H,10H2,1H3,(H2,21,26)(H2,23,24,25)/b22-11+. The van der Waals surface area contributed by atoms with Crippen LogP contribution < -0.4 is 15.8 Å². The van der Waals surface area contributed by atoms with Gasteiger partial charge >= 0.3 is 0 Å². The Morgan fingerprint density at radius 2 is 1.96 bits per heavy atom. The van der Waals surface area contributed by atoms with E-state index >= 15 is 0 Å². The van der Waals surface area contributed by atoms with Crippen molar-refractivity contribution in [2.45, 2.75) is 4.43 Å². The number of H-pyrrole nitrogens is 1. The summed E-state index contributed by atoms with van der Waals surface area (Å²) in [6.45, 7) is 0. The summed E-state index contributed by atoms with van der Waals surface area (Å²) >= 11 is 2.30. The smallest absolute Gasteiger partial charge is 0.256 e. The molecule has 3 aromatic rings. The van der Waals surface area contributed by atoms with E-state index in [-0.39, 0.29) is 5.56 Å². The average Bonchev–Trinajstić information content (AvgIpc) is 3.10. The van der Waals surface area contributed by atoms with E-state index in [0.29, 0.717) is 11.6 Å². The highest BCUT2D eigenvalue weighted by Crippen LogP contribution is 2.26. The molecule has 4 N–H and O–H groups in total. The van der Waals surface area contributed by atoms with Gasteiger partial charge < -0.3 is 15.8 Å². The number of methoxy groups -OCH3 is 1. The number of rotatable bonds is 7. The number of nitrogens with two attached hydrogens (primary N) is 1. The van der Waals surface area contributed by atoms with Crippen molar-refractivity contribution in [3.63, 3.8) is 0 Å². The van der Waals surface area contributed by atoms with E-state index in [4.69, 9.17) is 10.5 Å². The number of nitrogens with one attached hydrogen (secondary N) is 2. The average molecular weight is 475 g/mol. The van der Waals surface area contributed by atoms with Gasteiger partial charge in [0.1, 0.15) is 11.3 Å². The molecule has 0 radical (unpaired) electrons. The second-order valence-corrected chi connectivity index (χ2v) is 6.41. The Morgan fingerprint density at radius 1 is 1.26 bits per heavy atom. The molecule has 0 atom stereocenters. The van der Waals surface area contributed by atoms with Crippen LogP contribution in [0.25, 0.3) is 0 Å². The number of aromatic amines is 1. The monoisotopic (exact) mass is 475 g/mol. The first-order valence-electron chi connectivity index (χ1n) is 8.09. The molecule has 0 aliphatic heterocycles. The van der Waals surface area contributed by atoms with Crippen LogP contribution in [-0.4, -0.2) is 29.4 Å². The summed E-state index contributed by atoms with van der Waals surface area (Å²) in [7, 11) is 1.61. The number of primary amides is 1. The number of benzene rings is 2. The number of hydrogen-bond acceptors (Lipinski definition) is 5. The van der Waals surface area contributed by atoms with Crippen LogP contribution in [0.4, 0.5) is 17.3 Å². The third kappa shape index (κ3) is 4.64. The summed E-state index contributed by atoms with van der Waals surface area (Å²) in [5.41, 5.74) is 8.61. The second kappa shape index (κ2) is 8.67. The Kier molecular flexibility index (Phi) is 6.07. The maximum atomic E-state index is 11.9. The van der Waals surface area contributed by atoms with Gasteiger partial charge in [0, 0.05) is 16.3 Å². The third-order valence-corrected chi connectivity index (χ3v) is 4.70. The van der Waals surface area contributed by atoms with Crippen molar-refractivity contribution in [3.05, 3.63) is 65.2 Å². The summed E-state index contributed by atoms with van der Waals surface area (Å²) in [5.74, 6) is 0.778. The summed E-state index contributed by atoms with van der Waals surface area (Å²) in [6, 6.07) is 15.2. The number of anilines is 2. The van der Waals surface area contributed by atoms with E-state index in [1.807, 2.05) is 48.5 Å². The quantitative estimate of drug-likeness (QED) is 0.274. The van der Waals surface area contributed by atoms with Crippen molar-refractivity contribution in [3.8, 4) is 5.75 Å². The zero-order valence-electron chi connectivity index (χ0n) is 14.6.